The molecule has 10 heteroatoms. The molecule has 5 rings (SSSR count). The molecule has 0 bridgehead atoms. The number of β-amino-alcohol motifs (C(OH)–C–C–N with tert-alkyl or cyclic N) is 1. The number of aliphatic hydroxyl groups is 1. The van der Waals surface area contributed by atoms with Gasteiger partial charge in [-0.3, -0.25) is 4.90 Å². The molecule has 0 unspecified atom stereocenters. The Morgan fingerprint density at radius 3 is 1.61 bits per heavy atom. The van der Waals surface area contributed by atoms with Gasteiger partial charge in [0.1, 0.15) is 23.8 Å². The number of aliphatic hydroxyl groups excluding tert-OH is 1. The molecule has 3 fully saturated rings. The molecule has 8 nitrogen and oxygen atoms in total. The van der Waals surface area contributed by atoms with Gasteiger partial charge in [0, 0.05) is 51.4 Å². The van der Waals surface area contributed by atoms with Gasteiger partial charge in [-0.25, -0.2) is 18.7 Å². The Kier molecular flexibility index (Phi) is 8.47. The molecule has 0 saturated carbocycles. The molecule has 3 aliphatic heterocycles. The van der Waals surface area contributed by atoms with Gasteiger partial charge >= 0.3 is 0 Å². The van der Waals surface area contributed by atoms with Crippen LogP contribution in [-0.2, 0) is 0 Å². The predicted molar refractivity (Wildman–Crippen MR) is 111 cm³/mol. The summed E-state index contributed by atoms with van der Waals surface area (Å²) in [5.74, 6) is 0.314. The number of hydrogen-bond acceptors (Lipinski definition) is 8. The number of aromatic nitrogens is 2. The second-order valence-electron chi connectivity index (χ2n) is 7.86. The van der Waals surface area contributed by atoms with Gasteiger partial charge in [0.05, 0.1) is 18.5 Å². The molecule has 3 aliphatic rings. The fourth-order valence-corrected chi connectivity index (χ4v) is 2.93. The van der Waals surface area contributed by atoms with Gasteiger partial charge in [-0.05, 0) is 26.2 Å². The monoisotopic (exact) mass is 437 g/mol. The highest BCUT2D eigenvalue weighted by atomic mass is 19.1. The second kappa shape index (κ2) is 11.3. The average molecular weight is 437 g/mol. The zero-order valence-corrected chi connectivity index (χ0v) is 17.7. The number of hydrogen-bond donors (Lipinski definition) is 2. The second-order valence-corrected chi connectivity index (χ2v) is 7.86. The van der Waals surface area contributed by atoms with Crippen LogP contribution in [0.15, 0.2) is 36.7 Å². The Bertz CT molecular complexity index is 775. The van der Waals surface area contributed by atoms with E-state index in [1.54, 1.807) is 6.07 Å². The Morgan fingerprint density at radius 1 is 0.839 bits per heavy atom. The van der Waals surface area contributed by atoms with Crippen LogP contribution in [0.3, 0.4) is 0 Å². The first-order chi connectivity index (χ1) is 14.9. The minimum absolute atomic E-state index is 0.0324. The maximum Gasteiger partial charge on any atom is 0.213 e. The molecule has 3 saturated heterocycles. The summed E-state index contributed by atoms with van der Waals surface area (Å²) in [6.07, 6.45) is 2.69. The van der Waals surface area contributed by atoms with Crippen LogP contribution in [0.4, 0.5) is 8.78 Å². The van der Waals surface area contributed by atoms with Crippen LogP contribution in [0.5, 0.6) is 11.8 Å². The van der Waals surface area contributed by atoms with E-state index in [9.17, 15) is 8.78 Å². The molecule has 2 N–H and O–H groups in total. The molecule has 31 heavy (non-hydrogen) atoms. The number of nitrogens with one attached hydrogen (secondary N) is 1. The van der Waals surface area contributed by atoms with Crippen LogP contribution in [0.25, 0.3) is 0 Å². The number of likely N-dealkylation sites (tertiary alicyclic amines) is 2. The van der Waals surface area contributed by atoms with Gasteiger partial charge < -0.3 is 24.8 Å². The van der Waals surface area contributed by atoms with Crippen molar-refractivity contribution in [2.75, 3.05) is 53.4 Å². The third-order valence-electron chi connectivity index (χ3n) is 4.79. The maximum atomic E-state index is 12.5. The zero-order chi connectivity index (χ0) is 22.2. The van der Waals surface area contributed by atoms with Crippen molar-refractivity contribution in [1.29, 1.82) is 0 Å². The molecule has 5 heterocycles. The van der Waals surface area contributed by atoms with Crippen LogP contribution in [0.2, 0.25) is 0 Å². The number of ether oxygens (including phenoxy) is 2. The molecule has 170 valence electrons. The van der Waals surface area contributed by atoms with Gasteiger partial charge in [-0.1, -0.05) is 0 Å². The number of likely N-dealkylation sites (N-methyl/N-ethyl adjacent to an activating group) is 2. The third kappa shape index (κ3) is 7.98. The van der Waals surface area contributed by atoms with Crippen molar-refractivity contribution in [2.24, 2.45) is 0 Å². The minimum Gasteiger partial charge on any atom is -0.472 e. The molecule has 0 amide bonds. The summed E-state index contributed by atoms with van der Waals surface area (Å²) in [5.41, 5.74) is 0. The van der Waals surface area contributed by atoms with E-state index in [1.165, 1.54) is 18.2 Å². The molecule has 0 radical (unpaired) electrons. The normalized spacial score (nSPS) is 19.5. The van der Waals surface area contributed by atoms with Gasteiger partial charge in [0.2, 0.25) is 11.8 Å². The smallest absolute Gasteiger partial charge is 0.213 e. The highest BCUT2D eigenvalue weighted by Crippen LogP contribution is 2.14. The standard InChI is InChI=1S/C9H11FN2O.C8H9FN2O.C4H9NO/c1-12-5-8(6-12)13-9-3-2-7(10)4-11-9;9-6-1-2-8(11-3-6)12-7-4-10-5-7;1-5-2-4(6)3-5/h2-4,8H,5-6H2,1H3;1-3,7,10H,4-5H2;4,6H,2-3H2,1H3. The summed E-state index contributed by atoms with van der Waals surface area (Å²) in [5, 5.41) is 11.6. The summed E-state index contributed by atoms with van der Waals surface area (Å²) in [6, 6.07) is 5.78. The fourth-order valence-electron chi connectivity index (χ4n) is 2.93. The molecule has 2 aromatic heterocycles. The zero-order valence-electron chi connectivity index (χ0n) is 17.7. The average Bonchev–Trinajstić information content (AvgIpc) is 2.67. The summed E-state index contributed by atoms with van der Waals surface area (Å²) < 4.78 is 35.7. The van der Waals surface area contributed by atoms with Crippen molar-refractivity contribution >= 4 is 0 Å². The molecular formula is C21H29F2N5O3. The van der Waals surface area contributed by atoms with E-state index in [1.807, 2.05) is 14.1 Å². The van der Waals surface area contributed by atoms with Crippen molar-refractivity contribution in [2.45, 2.75) is 18.3 Å². The fraction of sp³-hybridized carbons (Fsp3) is 0.524. The van der Waals surface area contributed by atoms with E-state index in [0.29, 0.717) is 11.8 Å². The Labute approximate surface area is 180 Å². The summed E-state index contributed by atoms with van der Waals surface area (Å²) in [7, 11) is 4.02. The van der Waals surface area contributed by atoms with Crippen LogP contribution in [0.1, 0.15) is 0 Å². The molecule has 0 spiro atoms. The van der Waals surface area contributed by atoms with E-state index in [0.717, 1.165) is 51.7 Å². The topological polar surface area (TPSA) is 83.0 Å². The van der Waals surface area contributed by atoms with Crippen LogP contribution in [-0.4, -0.2) is 96.6 Å². The van der Waals surface area contributed by atoms with Gasteiger partial charge in [-0.2, -0.15) is 0 Å². The molecule has 2 aromatic rings. The maximum absolute atomic E-state index is 12.5. The van der Waals surface area contributed by atoms with E-state index < -0.39 is 0 Å². The molecular weight excluding hydrogens is 408 g/mol. The van der Waals surface area contributed by atoms with Crippen LogP contribution in [0, 0.1) is 11.6 Å². The van der Waals surface area contributed by atoms with Gasteiger partial charge in [-0.15, -0.1) is 0 Å². The first-order valence-corrected chi connectivity index (χ1v) is 10.2. The lowest BCUT2D eigenvalue weighted by molar-refractivity contribution is 0.0196. The third-order valence-corrected chi connectivity index (χ3v) is 4.79. The van der Waals surface area contributed by atoms with Crippen LogP contribution >= 0.6 is 0 Å². The lowest BCUT2D eigenvalue weighted by atomic mass is 10.2. The number of halogens is 2. The van der Waals surface area contributed by atoms with Crippen molar-refractivity contribution in [3.63, 3.8) is 0 Å². The number of nitrogens with zero attached hydrogens (tertiary/aromatic N) is 4. The number of rotatable bonds is 4. The highest BCUT2D eigenvalue weighted by Gasteiger charge is 2.25. The van der Waals surface area contributed by atoms with Crippen LogP contribution < -0.4 is 14.8 Å². The number of pyridine rings is 2. The van der Waals surface area contributed by atoms with E-state index in [2.05, 4.69) is 25.1 Å². The molecule has 0 aliphatic carbocycles. The molecule has 0 aromatic carbocycles. The Morgan fingerprint density at radius 2 is 1.32 bits per heavy atom. The first kappa shape index (κ1) is 23.3. The lowest BCUT2D eigenvalue weighted by Gasteiger charge is -2.35. The van der Waals surface area contributed by atoms with Crippen molar-refractivity contribution in [3.8, 4) is 11.8 Å². The van der Waals surface area contributed by atoms with E-state index in [4.69, 9.17) is 14.6 Å². The quantitative estimate of drug-likeness (QED) is 0.726. The first-order valence-electron chi connectivity index (χ1n) is 10.2. The summed E-state index contributed by atoms with van der Waals surface area (Å²) in [6.45, 7) is 5.25. The van der Waals surface area contributed by atoms with E-state index >= 15 is 0 Å². The minimum atomic E-state index is -0.339. The van der Waals surface area contributed by atoms with Gasteiger partial charge in [0.25, 0.3) is 0 Å². The Balaban J connectivity index is 0.000000140. The van der Waals surface area contributed by atoms with Crippen molar-refractivity contribution in [1.82, 2.24) is 25.1 Å². The van der Waals surface area contributed by atoms with Crippen molar-refractivity contribution < 1.29 is 23.4 Å². The molecule has 0 atom stereocenters. The highest BCUT2D eigenvalue weighted by molar-refractivity contribution is 5.12. The van der Waals surface area contributed by atoms with Crippen molar-refractivity contribution in [3.05, 3.63) is 48.3 Å². The predicted octanol–water partition coefficient (Wildman–Crippen LogP) is 0.778. The summed E-state index contributed by atoms with van der Waals surface area (Å²) in [4.78, 5) is 11.8. The summed E-state index contributed by atoms with van der Waals surface area (Å²) >= 11 is 0. The lowest BCUT2D eigenvalue weighted by Crippen LogP contribution is -2.51. The van der Waals surface area contributed by atoms with Gasteiger partial charge in [0.15, 0.2) is 0 Å². The van der Waals surface area contributed by atoms with E-state index in [-0.39, 0.29) is 29.9 Å². The largest absolute Gasteiger partial charge is 0.472 e. The SMILES string of the molecule is CN1CC(O)C1.CN1CC(Oc2ccc(F)cn2)C1.Fc1ccc(OC2CNC2)nc1. The Hall–Kier alpha value is -2.40.